The fourth-order valence-electron chi connectivity index (χ4n) is 7.69. The second kappa shape index (κ2) is 15.3. The van der Waals surface area contributed by atoms with Crippen LogP contribution in [-0.2, 0) is 6.42 Å². The first-order chi connectivity index (χ1) is 24.2. The topological polar surface area (TPSA) is 0 Å². The van der Waals surface area contributed by atoms with Crippen molar-refractivity contribution in [3.05, 3.63) is 215 Å². The summed E-state index contributed by atoms with van der Waals surface area (Å²) in [6.07, 6.45) is 30.0. The van der Waals surface area contributed by atoms with Gasteiger partial charge in [-0.25, -0.2) is 0 Å². The molecule has 3 atom stereocenters. The van der Waals surface area contributed by atoms with Gasteiger partial charge in [0.2, 0.25) is 0 Å². The van der Waals surface area contributed by atoms with Gasteiger partial charge in [-0.05, 0) is 113 Å². The number of rotatable bonds is 9. The molecule has 49 heavy (non-hydrogen) atoms. The molecule has 3 aliphatic carbocycles. The van der Waals surface area contributed by atoms with Crippen LogP contribution in [0.15, 0.2) is 193 Å². The average Bonchev–Trinajstić information content (AvgIpc) is 3.18. The zero-order chi connectivity index (χ0) is 33.4. The number of allylic oxidation sites excluding steroid dienone is 16. The average molecular weight is 635 g/mol. The van der Waals surface area contributed by atoms with Crippen molar-refractivity contribution in [2.45, 2.75) is 45.4 Å². The van der Waals surface area contributed by atoms with Crippen molar-refractivity contribution in [3.8, 4) is 11.1 Å². The maximum absolute atomic E-state index is 2.58. The van der Waals surface area contributed by atoms with Gasteiger partial charge < -0.3 is 0 Å². The Morgan fingerprint density at radius 3 is 2.08 bits per heavy atom. The molecule has 3 aliphatic rings. The largest absolute Gasteiger partial charge is 0.0871 e. The van der Waals surface area contributed by atoms with Crippen molar-refractivity contribution in [2.75, 3.05) is 0 Å². The van der Waals surface area contributed by atoms with E-state index in [1.807, 2.05) is 0 Å². The van der Waals surface area contributed by atoms with Crippen molar-refractivity contribution in [1.82, 2.24) is 0 Å². The van der Waals surface area contributed by atoms with Crippen LogP contribution in [0.5, 0.6) is 0 Å². The first-order valence-electron chi connectivity index (χ1n) is 17.9. The monoisotopic (exact) mass is 634 g/mol. The minimum Gasteiger partial charge on any atom is -0.0871 e. The molecular formula is C49H46. The molecule has 0 bridgehead atoms. The van der Waals surface area contributed by atoms with Gasteiger partial charge in [-0.2, -0.15) is 0 Å². The third-order valence-corrected chi connectivity index (χ3v) is 10.2. The van der Waals surface area contributed by atoms with Gasteiger partial charge in [0, 0.05) is 5.92 Å². The molecule has 4 aromatic carbocycles. The van der Waals surface area contributed by atoms with Gasteiger partial charge in [0.25, 0.3) is 0 Å². The fraction of sp³-hybridized carbons (Fsp3) is 0.184. The van der Waals surface area contributed by atoms with E-state index in [9.17, 15) is 0 Å². The standard InChI is InChI=1S/C49H46/c1-3-17-38(4-2)44-30-45(40-22-13-7-14-23-40)33-48(31-44)49-34-46(41-24-15-8-16-25-41)32-47(35-49)43-28-37(26-36-18-9-5-10-19-36)27-42(29-43)39-20-11-6-12-21-39/h3-20,22-25,28-32,34-35,39,42,48H,21,26-27,33H2,1-2H3/b17-3-,38-4+/t39?,42-,48+/m1/s1. The molecule has 0 aliphatic heterocycles. The van der Waals surface area contributed by atoms with E-state index in [2.05, 4.69) is 190 Å². The molecule has 0 heteroatoms. The molecular weight excluding hydrogens is 589 g/mol. The predicted molar refractivity (Wildman–Crippen MR) is 211 cm³/mol. The van der Waals surface area contributed by atoms with Gasteiger partial charge in [0.1, 0.15) is 0 Å². The molecule has 4 aromatic rings. The van der Waals surface area contributed by atoms with Gasteiger partial charge >= 0.3 is 0 Å². The van der Waals surface area contributed by atoms with Crippen LogP contribution in [0, 0.1) is 11.8 Å². The third-order valence-electron chi connectivity index (χ3n) is 10.2. The minimum atomic E-state index is 0.247. The zero-order valence-corrected chi connectivity index (χ0v) is 28.8. The molecule has 7 rings (SSSR count). The third kappa shape index (κ3) is 7.76. The van der Waals surface area contributed by atoms with Crippen LogP contribution in [0.4, 0.5) is 0 Å². The molecule has 0 saturated carbocycles. The highest BCUT2D eigenvalue weighted by molar-refractivity contribution is 5.81. The normalized spacial score (nSPS) is 20.9. The van der Waals surface area contributed by atoms with Gasteiger partial charge in [-0.15, -0.1) is 0 Å². The molecule has 0 nitrogen and oxygen atoms in total. The van der Waals surface area contributed by atoms with E-state index in [1.165, 1.54) is 61.2 Å². The second-order valence-electron chi connectivity index (χ2n) is 13.6. The lowest BCUT2D eigenvalue weighted by Gasteiger charge is -2.29. The van der Waals surface area contributed by atoms with Crippen LogP contribution in [0.3, 0.4) is 0 Å². The number of hydrogen-bond donors (Lipinski definition) is 0. The molecule has 0 fully saturated rings. The number of hydrogen-bond acceptors (Lipinski definition) is 0. The van der Waals surface area contributed by atoms with Gasteiger partial charge in [-0.1, -0.05) is 176 Å². The smallest absolute Gasteiger partial charge is 0.00682 e. The van der Waals surface area contributed by atoms with Crippen LogP contribution < -0.4 is 0 Å². The zero-order valence-electron chi connectivity index (χ0n) is 28.8. The van der Waals surface area contributed by atoms with Crippen molar-refractivity contribution < 1.29 is 0 Å². The highest BCUT2D eigenvalue weighted by Gasteiger charge is 2.25. The van der Waals surface area contributed by atoms with E-state index in [1.54, 1.807) is 0 Å². The highest BCUT2D eigenvalue weighted by Crippen LogP contribution is 2.42. The molecule has 0 aromatic heterocycles. The summed E-state index contributed by atoms with van der Waals surface area (Å²) in [5.74, 6) is 1.23. The van der Waals surface area contributed by atoms with E-state index in [0.29, 0.717) is 11.8 Å². The Kier molecular flexibility index (Phi) is 10.1. The Labute approximate surface area is 293 Å². The molecule has 0 heterocycles. The Balaban J connectivity index is 1.35. The van der Waals surface area contributed by atoms with Gasteiger partial charge in [0.05, 0.1) is 0 Å². The lowest BCUT2D eigenvalue weighted by Crippen LogP contribution is -2.16. The quantitative estimate of drug-likeness (QED) is 0.161. The van der Waals surface area contributed by atoms with E-state index in [4.69, 9.17) is 0 Å². The molecule has 242 valence electrons. The summed E-state index contributed by atoms with van der Waals surface area (Å²) in [4.78, 5) is 0. The lowest BCUT2D eigenvalue weighted by atomic mass is 9.76. The Bertz CT molecular complexity index is 2010. The van der Waals surface area contributed by atoms with Gasteiger partial charge in [0.15, 0.2) is 0 Å². The van der Waals surface area contributed by atoms with Crippen LogP contribution in [0.25, 0.3) is 22.3 Å². The van der Waals surface area contributed by atoms with E-state index in [0.717, 1.165) is 25.7 Å². The van der Waals surface area contributed by atoms with E-state index in [-0.39, 0.29) is 5.92 Å². The maximum atomic E-state index is 2.58. The molecule has 0 saturated heterocycles. The van der Waals surface area contributed by atoms with Crippen LogP contribution in [0.1, 0.15) is 61.3 Å². The summed E-state index contributed by atoms with van der Waals surface area (Å²) < 4.78 is 0. The van der Waals surface area contributed by atoms with Crippen molar-refractivity contribution in [2.24, 2.45) is 11.8 Å². The SMILES string of the molecule is C/C=C\C(=C/C)C1=C[C@H](c2cc(C3=C[C@H](C4C=CC=CC4)CC(Cc4ccccc4)=C3)cc(-c3ccccc3)c2)CC(c2ccccc2)=C1. The predicted octanol–water partition coefficient (Wildman–Crippen LogP) is 13.1. The lowest BCUT2D eigenvalue weighted by molar-refractivity contribution is 0.467. The Morgan fingerprint density at radius 2 is 1.39 bits per heavy atom. The Hall–Kier alpha value is -5.20. The molecule has 0 spiro atoms. The molecule has 0 N–H and O–H groups in total. The summed E-state index contributed by atoms with van der Waals surface area (Å²) >= 11 is 0. The Morgan fingerprint density at radius 1 is 0.673 bits per heavy atom. The summed E-state index contributed by atoms with van der Waals surface area (Å²) in [5, 5.41) is 0. The van der Waals surface area contributed by atoms with Crippen LogP contribution >= 0.6 is 0 Å². The van der Waals surface area contributed by atoms with Crippen molar-refractivity contribution >= 4 is 11.1 Å². The van der Waals surface area contributed by atoms with Crippen molar-refractivity contribution in [3.63, 3.8) is 0 Å². The second-order valence-corrected chi connectivity index (χ2v) is 13.6. The fourth-order valence-corrected chi connectivity index (χ4v) is 7.69. The van der Waals surface area contributed by atoms with Gasteiger partial charge in [-0.3, -0.25) is 0 Å². The van der Waals surface area contributed by atoms with Crippen LogP contribution in [0.2, 0.25) is 0 Å². The number of benzene rings is 4. The summed E-state index contributed by atoms with van der Waals surface area (Å²) in [6.45, 7) is 4.25. The molecule has 1 unspecified atom stereocenters. The molecule has 0 amide bonds. The summed E-state index contributed by atoms with van der Waals surface area (Å²) in [7, 11) is 0. The summed E-state index contributed by atoms with van der Waals surface area (Å²) in [5.41, 5.74) is 14.7. The minimum absolute atomic E-state index is 0.247. The first kappa shape index (κ1) is 32.4. The molecule has 0 radical (unpaired) electrons. The summed E-state index contributed by atoms with van der Waals surface area (Å²) in [6, 6.07) is 40.2. The maximum Gasteiger partial charge on any atom is 0.00682 e. The van der Waals surface area contributed by atoms with Crippen LogP contribution in [-0.4, -0.2) is 0 Å². The van der Waals surface area contributed by atoms with E-state index < -0.39 is 0 Å². The highest BCUT2D eigenvalue weighted by atomic mass is 14.3. The first-order valence-corrected chi connectivity index (χ1v) is 17.9. The van der Waals surface area contributed by atoms with Crippen molar-refractivity contribution in [1.29, 1.82) is 0 Å². The van der Waals surface area contributed by atoms with E-state index >= 15 is 0 Å².